The molecule has 1 N–H and O–H groups in total. The van der Waals surface area contributed by atoms with Crippen LogP contribution in [0.5, 0.6) is 5.88 Å². The lowest BCUT2D eigenvalue weighted by Crippen LogP contribution is -2.22. The lowest BCUT2D eigenvalue weighted by atomic mass is 10.2. The quantitative estimate of drug-likeness (QED) is 0.801. The highest BCUT2D eigenvalue weighted by molar-refractivity contribution is 7.89. The largest absolute Gasteiger partial charge is 0.468 e. The van der Waals surface area contributed by atoms with Crippen molar-refractivity contribution in [3.05, 3.63) is 48.2 Å². The summed E-state index contributed by atoms with van der Waals surface area (Å²) < 4.78 is 66.0. The van der Waals surface area contributed by atoms with Gasteiger partial charge in [0.05, 0.1) is 10.5 Å². The molecule has 0 fully saturated rings. The van der Waals surface area contributed by atoms with E-state index in [1.165, 1.54) is 44.4 Å². The Balaban J connectivity index is 2.09. The molecule has 0 radical (unpaired) electrons. The van der Waals surface area contributed by atoms with Gasteiger partial charge >= 0.3 is 6.18 Å². The van der Waals surface area contributed by atoms with Crippen molar-refractivity contribution < 1.29 is 31.1 Å². The number of rotatable bonds is 6. The Morgan fingerprint density at radius 3 is 2.48 bits per heavy atom. The molecule has 0 saturated carbocycles. The Kier molecular flexibility index (Phi) is 6.06. The molecule has 1 amide bonds. The van der Waals surface area contributed by atoms with Crippen LogP contribution in [0.2, 0.25) is 0 Å². The van der Waals surface area contributed by atoms with Crippen molar-refractivity contribution in [1.29, 1.82) is 0 Å². The van der Waals surface area contributed by atoms with Crippen LogP contribution in [-0.4, -0.2) is 50.5 Å². The lowest BCUT2D eigenvalue weighted by molar-refractivity contribution is -0.154. The number of alkyl halides is 3. The molecule has 0 unspecified atom stereocenters. The van der Waals surface area contributed by atoms with Crippen molar-refractivity contribution in [1.82, 2.24) is 9.29 Å². The van der Waals surface area contributed by atoms with Gasteiger partial charge in [-0.3, -0.25) is 4.79 Å². The molecule has 1 aromatic carbocycles. The van der Waals surface area contributed by atoms with Gasteiger partial charge in [-0.2, -0.15) is 13.2 Å². The molecule has 2 aromatic rings. The second kappa shape index (κ2) is 7.92. The topological polar surface area (TPSA) is 88.6 Å². The third-order valence-corrected chi connectivity index (χ3v) is 5.06. The van der Waals surface area contributed by atoms with E-state index in [0.29, 0.717) is 0 Å². The zero-order valence-corrected chi connectivity index (χ0v) is 15.1. The maximum absolute atomic E-state index is 12.2. The van der Waals surface area contributed by atoms with E-state index >= 15 is 0 Å². The second-order valence-corrected chi connectivity index (χ2v) is 7.71. The van der Waals surface area contributed by atoms with Gasteiger partial charge in [-0.15, -0.1) is 0 Å². The number of sulfonamides is 1. The van der Waals surface area contributed by atoms with Gasteiger partial charge in [-0.05, 0) is 24.3 Å². The Hall–Kier alpha value is -2.66. The molecule has 146 valence electrons. The van der Waals surface area contributed by atoms with E-state index in [9.17, 15) is 26.4 Å². The number of ether oxygens (including phenoxy) is 1. The highest BCUT2D eigenvalue weighted by Crippen LogP contribution is 2.20. The number of anilines is 1. The van der Waals surface area contributed by atoms with E-state index in [1.54, 1.807) is 0 Å². The number of amides is 1. The van der Waals surface area contributed by atoms with Crippen molar-refractivity contribution in [3.63, 3.8) is 0 Å². The molecule has 27 heavy (non-hydrogen) atoms. The van der Waals surface area contributed by atoms with Gasteiger partial charge in [0, 0.05) is 32.0 Å². The van der Waals surface area contributed by atoms with E-state index in [1.807, 2.05) is 0 Å². The normalized spacial score (nSPS) is 12.1. The zero-order chi connectivity index (χ0) is 20.2. The molecule has 0 bridgehead atoms. The van der Waals surface area contributed by atoms with E-state index in [0.717, 1.165) is 16.6 Å². The lowest BCUT2D eigenvalue weighted by Gasteiger charge is -2.13. The van der Waals surface area contributed by atoms with Gasteiger partial charge in [0.15, 0.2) is 6.61 Å². The molecular weight excluding hydrogens is 387 g/mol. The molecule has 1 aromatic heterocycles. The van der Waals surface area contributed by atoms with Crippen LogP contribution in [0.1, 0.15) is 10.4 Å². The van der Waals surface area contributed by atoms with Crippen LogP contribution >= 0.6 is 0 Å². The molecular formula is C16H16F3N3O4S. The SMILES string of the molecule is CN(C)S(=O)(=O)c1cccc(NC(=O)c2ccc(OCC(F)(F)F)nc2)c1. The summed E-state index contributed by atoms with van der Waals surface area (Å²) in [5, 5.41) is 2.50. The first-order valence-corrected chi connectivity index (χ1v) is 8.92. The zero-order valence-electron chi connectivity index (χ0n) is 14.3. The molecule has 0 spiro atoms. The molecule has 0 atom stereocenters. The standard InChI is InChI=1S/C16H16F3N3O4S/c1-22(2)27(24,25)13-5-3-4-12(8-13)21-15(23)11-6-7-14(20-9-11)26-10-16(17,18)19/h3-9H,10H2,1-2H3,(H,21,23). The number of carbonyl (C=O) groups excluding carboxylic acids is 1. The van der Waals surface area contributed by atoms with Crippen molar-refractivity contribution in [2.75, 3.05) is 26.0 Å². The average Bonchev–Trinajstić information content (AvgIpc) is 2.60. The summed E-state index contributed by atoms with van der Waals surface area (Å²) in [6, 6.07) is 8.03. The van der Waals surface area contributed by atoms with Gasteiger partial charge < -0.3 is 10.1 Å². The van der Waals surface area contributed by atoms with E-state index in [-0.39, 0.29) is 22.0 Å². The summed E-state index contributed by atoms with van der Waals surface area (Å²) in [6.45, 7) is -1.49. The van der Waals surface area contributed by atoms with Gasteiger partial charge in [0.1, 0.15) is 0 Å². The smallest absolute Gasteiger partial charge is 0.422 e. The van der Waals surface area contributed by atoms with Crippen LogP contribution in [0.25, 0.3) is 0 Å². The molecule has 11 heteroatoms. The Morgan fingerprint density at radius 2 is 1.93 bits per heavy atom. The minimum Gasteiger partial charge on any atom is -0.468 e. The van der Waals surface area contributed by atoms with Crippen LogP contribution in [0, 0.1) is 0 Å². The van der Waals surface area contributed by atoms with Gasteiger partial charge in [0.25, 0.3) is 5.91 Å². The first-order valence-electron chi connectivity index (χ1n) is 7.48. The Labute approximate surface area is 153 Å². The summed E-state index contributed by atoms with van der Waals surface area (Å²) in [5.41, 5.74) is 0.301. The number of hydrogen-bond donors (Lipinski definition) is 1. The molecule has 0 aliphatic carbocycles. The summed E-state index contributed by atoms with van der Waals surface area (Å²) in [7, 11) is -0.895. The fraction of sp³-hybridized carbons (Fsp3) is 0.250. The first kappa shape index (κ1) is 20.6. The maximum atomic E-state index is 12.2. The minimum absolute atomic E-state index is 0.000626. The van der Waals surface area contributed by atoms with Crippen molar-refractivity contribution in [2.24, 2.45) is 0 Å². The average molecular weight is 403 g/mol. The van der Waals surface area contributed by atoms with Crippen molar-refractivity contribution >= 4 is 21.6 Å². The number of pyridine rings is 1. The van der Waals surface area contributed by atoms with E-state index in [2.05, 4.69) is 15.0 Å². The highest BCUT2D eigenvalue weighted by Gasteiger charge is 2.28. The first-order chi connectivity index (χ1) is 12.5. The number of benzene rings is 1. The van der Waals surface area contributed by atoms with Gasteiger partial charge in [0.2, 0.25) is 15.9 Å². The number of hydrogen-bond acceptors (Lipinski definition) is 5. The second-order valence-electron chi connectivity index (χ2n) is 5.56. The number of nitrogens with one attached hydrogen (secondary N) is 1. The van der Waals surface area contributed by atoms with Gasteiger partial charge in [-0.25, -0.2) is 17.7 Å². The summed E-state index contributed by atoms with van der Waals surface area (Å²) in [6.07, 6.45) is -3.43. The predicted octanol–water partition coefficient (Wildman–Crippen LogP) is 2.53. The summed E-state index contributed by atoms with van der Waals surface area (Å²) >= 11 is 0. The van der Waals surface area contributed by atoms with Crippen LogP contribution < -0.4 is 10.1 Å². The fourth-order valence-corrected chi connectivity index (χ4v) is 2.85. The molecule has 2 rings (SSSR count). The predicted molar refractivity (Wildman–Crippen MR) is 91.1 cm³/mol. The van der Waals surface area contributed by atoms with Crippen LogP contribution in [0.4, 0.5) is 18.9 Å². The highest BCUT2D eigenvalue weighted by atomic mass is 32.2. The Morgan fingerprint density at radius 1 is 1.22 bits per heavy atom. The van der Waals surface area contributed by atoms with Crippen LogP contribution in [-0.2, 0) is 10.0 Å². The van der Waals surface area contributed by atoms with Crippen molar-refractivity contribution in [2.45, 2.75) is 11.1 Å². The number of halogens is 3. The summed E-state index contributed by atoms with van der Waals surface area (Å²) in [5.74, 6) is -0.882. The van der Waals surface area contributed by atoms with Crippen molar-refractivity contribution in [3.8, 4) is 5.88 Å². The van der Waals surface area contributed by atoms with E-state index in [4.69, 9.17) is 0 Å². The van der Waals surface area contributed by atoms with Crippen LogP contribution in [0.15, 0.2) is 47.5 Å². The monoisotopic (exact) mass is 403 g/mol. The van der Waals surface area contributed by atoms with Gasteiger partial charge in [-0.1, -0.05) is 6.07 Å². The molecule has 0 saturated heterocycles. The molecule has 7 nitrogen and oxygen atoms in total. The van der Waals surface area contributed by atoms with Crippen LogP contribution in [0.3, 0.4) is 0 Å². The number of nitrogens with zero attached hydrogens (tertiary/aromatic N) is 2. The Bertz CT molecular complexity index is 913. The summed E-state index contributed by atoms with van der Waals surface area (Å²) in [4.78, 5) is 15.8. The number of carbonyl (C=O) groups is 1. The maximum Gasteiger partial charge on any atom is 0.422 e. The third kappa shape index (κ3) is 5.66. The molecule has 1 heterocycles. The molecule has 0 aliphatic heterocycles. The fourth-order valence-electron chi connectivity index (χ4n) is 1.90. The number of aromatic nitrogens is 1. The third-order valence-electron chi connectivity index (χ3n) is 3.25. The minimum atomic E-state index is -4.49. The van der Waals surface area contributed by atoms with E-state index < -0.39 is 28.7 Å². The molecule has 0 aliphatic rings.